The van der Waals surface area contributed by atoms with Crippen LogP contribution >= 0.6 is 0 Å². The maximum atomic E-state index is 8.71. The Balaban J connectivity index is 2.48. The Hall–Kier alpha value is -1.53. The molecule has 0 amide bonds. The highest BCUT2D eigenvalue weighted by Crippen LogP contribution is 2.28. The van der Waals surface area contributed by atoms with Crippen LogP contribution in [-0.4, -0.2) is 6.54 Å². The molecule has 0 unspecified atom stereocenters. The van der Waals surface area contributed by atoms with Crippen LogP contribution in [0.4, 0.5) is 5.69 Å². The molecular formula is C10H11N3. The Morgan fingerprint density at radius 1 is 1.54 bits per heavy atom. The van der Waals surface area contributed by atoms with Crippen molar-refractivity contribution >= 4 is 5.69 Å². The SMILES string of the molecule is N#Cc1ccc2c(c1)[C@H](N)CCN2. The van der Waals surface area contributed by atoms with Crippen LogP contribution in [-0.2, 0) is 0 Å². The highest BCUT2D eigenvalue weighted by atomic mass is 14.9. The number of fused-ring (bicyclic) bond motifs is 1. The molecule has 3 N–H and O–H groups in total. The van der Waals surface area contributed by atoms with E-state index in [9.17, 15) is 0 Å². The number of hydrogen-bond donors (Lipinski definition) is 2. The normalized spacial score (nSPS) is 19.8. The number of nitrogens with zero attached hydrogens (tertiary/aromatic N) is 1. The van der Waals surface area contributed by atoms with E-state index in [2.05, 4.69) is 11.4 Å². The molecule has 0 radical (unpaired) electrons. The van der Waals surface area contributed by atoms with E-state index in [0.717, 1.165) is 24.2 Å². The van der Waals surface area contributed by atoms with Crippen LogP contribution in [0.25, 0.3) is 0 Å². The molecular weight excluding hydrogens is 162 g/mol. The van der Waals surface area contributed by atoms with E-state index >= 15 is 0 Å². The van der Waals surface area contributed by atoms with E-state index in [-0.39, 0.29) is 6.04 Å². The fourth-order valence-electron chi connectivity index (χ4n) is 1.62. The van der Waals surface area contributed by atoms with Gasteiger partial charge in [-0.05, 0) is 30.2 Å². The summed E-state index contributed by atoms with van der Waals surface area (Å²) in [5.74, 6) is 0. The van der Waals surface area contributed by atoms with E-state index in [1.165, 1.54) is 0 Å². The van der Waals surface area contributed by atoms with E-state index in [0.29, 0.717) is 5.56 Å². The predicted octanol–water partition coefficient (Wildman–Crippen LogP) is 1.37. The van der Waals surface area contributed by atoms with Gasteiger partial charge in [-0.25, -0.2) is 0 Å². The first-order valence-electron chi connectivity index (χ1n) is 4.35. The standard InChI is InChI=1S/C10H11N3/c11-6-7-1-2-10-8(5-7)9(12)3-4-13-10/h1-2,5,9,13H,3-4,12H2/t9-/m1/s1. The summed E-state index contributed by atoms with van der Waals surface area (Å²) in [5.41, 5.74) is 8.73. The van der Waals surface area contributed by atoms with Gasteiger partial charge in [0.2, 0.25) is 0 Å². The third-order valence-electron chi connectivity index (χ3n) is 2.35. The summed E-state index contributed by atoms with van der Waals surface area (Å²) in [7, 11) is 0. The van der Waals surface area contributed by atoms with Gasteiger partial charge in [0.25, 0.3) is 0 Å². The van der Waals surface area contributed by atoms with Crippen molar-refractivity contribution < 1.29 is 0 Å². The van der Waals surface area contributed by atoms with E-state index < -0.39 is 0 Å². The minimum Gasteiger partial charge on any atom is -0.385 e. The van der Waals surface area contributed by atoms with Gasteiger partial charge in [-0.3, -0.25) is 0 Å². The van der Waals surface area contributed by atoms with Crippen molar-refractivity contribution in [2.24, 2.45) is 5.73 Å². The Bertz CT molecular complexity index is 365. The van der Waals surface area contributed by atoms with E-state index in [4.69, 9.17) is 11.0 Å². The number of benzene rings is 1. The first-order chi connectivity index (χ1) is 6.31. The predicted molar refractivity (Wildman–Crippen MR) is 51.2 cm³/mol. The fraction of sp³-hybridized carbons (Fsp3) is 0.300. The topological polar surface area (TPSA) is 61.8 Å². The van der Waals surface area contributed by atoms with Crippen molar-refractivity contribution in [1.29, 1.82) is 5.26 Å². The maximum Gasteiger partial charge on any atom is 0.0991 e. The van der Waals surface area contributed by atoms with Gasteiger partial charge in [0.05, 0.1) is 11.6 Å². The molecule has 1 aliphatic heterocycles. The monoisotopic (exact) mass is 173 g/mol. The van der Waals surface area contributed by atoms with Gasteiger partial charge in [-0.15, -0.1) is 0 Å². The van der Waals surface area contributed by atoms with Crippen LogP contribution in [0.3, 0.4) is 0 Å². The van der Waals surface area contributed by atoms with Crippen LogP contribution in [0.15, 0.2) is 18.2 Å². The Morgan fingerprint density at radius 2 is 2.38 bits per heavy atom. The molecule has 1 aliphatic rings. The average Bonchev–Trinajstić information content (AvgIpc) is 2.18. The third kappa shape index (κ3) is 1.36. The molecule has 66 valence electrons. The lowest BCUT2D eigenvalue weighted by molar-refractivity contribution is 0.655. The van der Waals surface area contributed by atoms with Crippen molar-refractivity contribution in [3.05, 3.63) is 29.3 Å². The molecule has 0 aliphatic carbocycles. The number of hydrogen-bond acceptors (Lipinski definition) is 3. The lowest BCUT2D eigenvalue weighted by Crippen LogP contribution is -2.22. The zero-order valence-corrected chi connectivity index (χ0v) is 7.25. The molecule has 0 bridgehead atoms. The first-order valence-corrected chi connectivity index (χ1v) is 4.35. The molecule has 1 heterocycles. The molecule has 3 heteroatoms. The van der Waals surface area contributed by atoms with Crippen molar-refractivity contribution in [3.63, 3.8) is 0 Å². The zero-order chi connectivity index (χ0) is 9.26. The highest BCUT2D eigenvalue weighted by molar-refractivity contribution is 5.57. The summed E-state index contributed by atoms with van der Waals surface area (Å²) < 4.78 is 0. The lowest BCUT2D eigenvalue weighted by atomic mass is 9.97. The fourth-order valence-corrected chi connectivity index (χ4v) is 1.62. The number of anilines is 1. The van der Waals surface area contributed by atoms with Gasteiger partial charge in [0, 0.05) is 18.3 Å². The molecule has 0 saturated carbocycles. The molecule has 0 saturated heterocycles. The summed E-state index contributed by atoms with van der Waals surface area (Å²) >= 11 is 0. The van der Waals surface area contributed by atoms with Crippen molar-refractivity contribution in [2.75, 3.05) is 11.9 Å². The number of nitriles is 1. The number of nitrogens with one attached hydrogen (secondary N) is 1. The largest absolute Gasteiger partial charge is 0.385 e. The second kappa shape index (κ2) is 3.08. The number of nitrogens with two attached hydrogens (primary N) is 1. The van der Waals surface area contributed by atoms with Gasteiger partial charge in [0.1, 0.15) is 0 Å². The van der Waals surface area contributed by atoms with Crippen LogP contribution in [0.5, 0.6) is 0 Å². The van der Waals surface area contributed by atoms with Gasteiger partial charge in [-0.2, -0.15) is 5.26 Å². The molecule has 0 fully saturated rings. The summed E-state index contributed by atoms with van der Waals surface area (Å²) in [6.45, 7) is 0.917. The van der Waals surface area contributed by atoms with Crippen LogP contribution in [0, 0.1) is 11.3 Å². The average molecular weight is 173 g/mol. The Labute approximate surface area is 77.2 Å². The molecule has 0 aromatic heterocycles. The molecule has 3 nitrogen and oxygen atoms in total. The van der Waals surface area contributed by atoms with Gasteiger partial charge in [-0.1, -0.05) is 0 Å². The molecule has 2 rings (SSSR count). The van der Waals surface area contributed by atoms with E-state index in [1.807, 2.05) is 18.2 Å². The van der Waals surface area contributed by atoms with Crippen molar-refractivity contribution in [3.8, 4) is 6.07 Å². The van der Waals surface area contributed by atoms with Gasteiger partial charge >= 0.3 is 0 Å². The quantitative estimate of drug-likeness (QED) is 0.623. The molecule has 0 spiro atoms. The summed E-state index contributed by atoms with van der Waals surface area (Å²) in [6.07, 6.45) is 0.932. The minimum atomic E-state index is 0.0737. The highest BCUT2D eigenvalue weighted by Gasteiger charge is 2.16. The Morgan fingerprint density at radius 3 is 3.15 bits per heavy atom. The van der Waals surface area contributed by atoms with E-state index in [1.54, 1.807) is 0 Å². The second-order valence-electron chi connectivity index (χ2n) is 3.24. The molecule has 1 atom stereocenters. The van der Waals surface area contributed by atoms with Crippen molar-refractivity contribution in [1.82, 2.24) is 0 Å². The van der Waals surface area contributed by atoms with Gasteiger partial charge in [0.15, 0.2) is 0 Å². The van der Waals surface area contributed by atoms with Crippen LogP contribution < -0.4 is 11.1 Å². The maximum absolute atomic E-state index is 8.71. The summed E-state index contributed by atoms with van der Waals surface area (Å²) in [5, 5.41) is 12.0. The first kappa shape index (κ1) is 8.09. The summed E-state index contributed by atoms with van der Waals surface area (Å²) in [4.78, 5) is 0. The van der Waals surface area contributed by atoms with Crippen LogP contribution in [0.1, 0.15) is 23.6 Å². The number of rotatable bonds is 0. The van der Waals surface area contributed by atoms with Crippen molar-refractivity contribution in [2.45, 2.75) is 12.5 Å². The molecule has 1 aromatic rings. The van der Waals surface area contributed by atoms with Crippen LogP contribution in [0.2, 0.25) is 0 Å². The lowest BCUT2D eigenvalue weighted by Gasteiger charge is -2.23. The smallest absolute Gasteiger partial charge is 0.0991 e. The second-order valence-corrected chi connectivity index (χ2v) is 3.24. The Kier molecular flexibility index (Phi) is 1.91. The zero-order valence-electron chi connectivity index (χ0n) is 7.25. The van der Waals surface area contributed by atoms with Gasteiger partial charge < -0.3 is 11.1 Å². The summed E-state index contributed by atoms with van der Waals surface area (Å²) in [6, 6.07) is 7.79. The molecule has 1 aromatic carbocycles. The minimum absolute atomic E-state index is 0.0737. The third-order valence-corrected chi connectivity index (χ3v) is 2.35. The molecule has 13 heavy (non-hydrogen) atoms.